The minimum Gasteiger partial charge on any atom is -0.399 e. The molecule has 1 saturated heterocycles. The molecule has 1 aromatic heterocycles. The van der Waals surface area contributed by atoms with Gasteiger partial charge in [-0.2, -0.15) is 0 Å². The molecule has 3 rings (SSSR count). The maximum atomic E-state index is 6.09. The largest absolute Gasteiger partial charge is 0.494 e. The van der Waals surface area contributed by atoms with Crippen molar-refractivity contribution >= 4 is 12.6 Å². The molecule has 1 aromatic carbocycles. The van der Waals surface area contributed by atoms with E-state index in [4.69, 9.17) is 9.31 Å². The van der Waals surface area contributed by atoms with Gasteiger partial charge in [-0.15, -0.1) is 0 Å². The van der Waals surface area contributed by atoms with Gasteiger partial charge < -0.3 is 9.31 Å². The third-order valence-corrected chi connectivity index (χ3v) is 4.77. The van der Waals surface area contributed by atoms with Crippen molar-refractivity contribution in [3.05, 3.63) is 48.3 Å². The normalized spacial score (nSPS) is 19.4. The molecule has 0 amide bonds. The van der Waals surface area contributed by atoms with Crippen LogP contribution < -0.4 is 5.46 Å². The molecule has 0 atom stereocenters. The Bertz CT molecular complexity index is 664. The summed E-state index contributed by atoms with van der Waals surface area (Å²) in [4.78, 5) is 4.14. The van der Waals surface area contributed by atoms with Gasteiger partial charge in [-0.3, -0.25) is 4.98 Å². The zero-order valence-corrected chi connectivity index (χ0v) is 13.9. The first-order valence-corrected chi connectivity index (χ1v) is 7.67. The number of pyridine rings is 1. The number of aryl methyl sites for hydroxylation is 1. The molecule has 3 nitrogen and oxygen atoms in total. The van der Waals surface area contributed by atoms with Gasteiger partial charge in [0.2, 0.25) is 0 Å². The summed E-state index contributed by atoms with van der Waals surface area (Å²) >= 11 is 0. The zero-order chi connectivity index (χ0) is 16.0. The number of rotatable bonds is 2. The van der Waals surface area contributed by atoms with Gasteiger partial charge in [0.15, 0.2) is 0 Å². The van der Waals surface area contributed by atoms with E-state index in [1.807, 2.05) is 18.5 Å². The van der Waals surface area contributed by atoms with E-state index in [-0.39, 0.29) is 18.3 Å². The smallest absolute Gasteiger partial charge is 0.399 e. The van der Waals surface area contributed by atoms with E-state index in [2.05, 4.69) is 63.9 Å². The van der Waals surface area contributed by atoms with Crippen molar-refractivity contribution in [2.24, 2.45) is 0 Å². The van der Waals surface area contributed by atoms with Crippen molar-refractivity contribution < 1.29 is 9.31 Å². The molecule has 2 heterocycles. The fourth-order valence-corrected chi connectivity index (χ4v) is 2.60. The summed E-state index contributed by atoms with van der Waals surface area (Å²) in [6, 6.07) is 10.4. The summed E-state index contributed by atoms with van der Waals surface area (Å²) in [6.45, 7) is 10.4. The van der Waals surface area contributed by atoms with Crippen LogP contribution in [0.4, 0.5) is 0 Å². The molecule has 0 spiro atoms. The predicted octanol–water partition coefficient (Wildman–Crippen LogP) is 3.36. The molecule has 2 aromatic rings. The van der Waals surface area contributed by atoms with Gasteiger partial charge in [0.25, 0.3) is 0 Å². The van der Waals surface area contributed by atoms with Crippen LogP contribution in [0.2, 0.25) is 0 Å². The lowest BCUT2D eigenvalue weighted by Gasteiger charge is -2.32. The van der Waals surface area contributed by atoms with Crippen molar-refractivity contribution in [1.29, 1.82) is 0 Å². The second kappa shape index (κ2) is 5.22. The third-order valence-electron chi connectivity index (χ3n) is 4.77. The molecule has 114 valence electrons. The molecule has 1 aliphatic heterocycles. The maximum Gasteiger partial charge on any atom is 0.494 e. The summed E-state index contributed by atoms with van der Waals surface area (Å²) in [6.07, 6.45) is 3.71. The highest BCUT2D eigenvalue weighted by atomic mass is 16.7. The van der Waals surface area contributed by atoms with Crippen molar-refractivity contribution in [3.8, 4) is 11.1 Å². The minimum absolute atomic E-state index is 0.308. The summed E-state index contributed by atoms with van der Waals surface area (Å²) < 4.78 is 12.2. The minimum atomic E-state index is -0.308. The first kappa shape index (κ1) is 15.3. The second-order valence-electron chi connectivity index (χ2n) is 6.90. The van der Waals surface area contributed by atoms with E-state index in [0.717, 1.165) is 5.46 Å². The fourth-order valence-electron chi connectivity index (χ4n) is 2.60. The Morgan fingerprint density at radius 2 is 1.50 bits per heavy atom. The molecule has 0 unspecified atom stereocenters. The highest BCUT2D eigenvalue weighted by molar-refractivity contribution is 6.62. The highest BCUT2D eigenvalue weighted by Gasteiger charge is 2.51. The van der Waals surface area contributed by atoms with Crippen LogP contribution in [0.5, 0.6) is 0 Å². The second-order valence-corrected chi connectivity index (χ2v) is 6.90. The molecular weight excluding hydrogens is 273 g/mol. The van der Waals surface area contributed by atoms with E-state index in [1.165, 1.54) is 16.7 Å². The predicted molar refractivity (Wildman–Crippen MR) is 90.1 cm³/mol. The summed E-state index contributed by atoms with van der Waals surface area (Å²) in [5, 5.41) is 0. The van der Waals surface area contributed by atoms with E-state index in [9.17, 15) is 0 Å². The van der Waals surface area contributed by atoms with Crippen LogP contribution in [-0.2, 0) is 9.31 Å². The summed E-state index contributed by atoms with van der Waals surface area (Å²) in [5.74, 6) is 0. The highest BCUT2D eigenvalue weighted by Crippen LogP contribution is 2.36. The van der Waals surface area contributed by atoms with Gasteiger partial charge in [-0.1, -0.05) is 24.3 Å². The van der Waals surface area contributed by atoms with Crippen molar-refractivity contribution in [1.82, 2.24) is 4.98 Å². The Labute approximate surface area is 132 Å². The molecule has 4 heteroatoms. The van der Waals surface area contributed by atoms with Gasteiger partial charge in [-0.25, -0.2) is 0 Å². The molecule has 0 radical (unpaired) electrons. The average molecular weight is 295 g/mol. The maximum absolute atomic E-state index is 6.09. The SMILES string of the molecule is Cc1cnccc1-c1ccc(B2OC(C)(C)C(C)(C)O2)cc1. The van der Waals surface area contributed by atoms with Crippen LogP contribution in [-0.4, -0.2) is 23.3 Å². The topological polar surface area (TPSA) is 31.4 Å². The number of hydrogen-bond acceptors (Lipinski definition) is 3. The third kappa shape index (κ3) is 2.57. The van der Waals surface area contributed by atoms with Crippen molar-refractivity contribution in [3.63, 3.8) is 0 Å². The summed E-state index contributed by atoms with van der Waals surface area (Å²) in [5.41, 5.74) is 3.99. The van der Waals surface area contributed by atoms with Gasteiger partial charge in [0.05, 0.1) is 11.2 Å². The number of hydrogen-bond donors (Lipinski definition) is 0. The van der Waals surface area contributed by atoms with Crippen LogP contribution in [0.15, 0.2) is 42.7 Å². The van der Waals surface area contributed by atoms with Crippen molar-refractivity contribution in [2.75, 3.05) is 0 Å². The van der Waals surface area contributed by atoms with Gasteiger partial charge in [0, 0.05) is 12.4 Å². The van der Waals surface area contributed by atoms with Crippen molar-refractivity contribution in [2.45, 2.75) is 45.8 Å². The van der Waals surface area contributed by atoms with E-state index in [0.29, 0.717) is 0 Å². The Kier molecular flexibility index (Phi) is 3.62. The number of aromatic nitrogens is 1. The average Bonchev–Trinajstić information content (AvgIpc) is 2.68. The van der Waals surface area contributed by atoms with Crippen LogP contribution in [0.25, 0.3) is 11.1 Å². The monoisotopic (exact) mass is 295 g/mol. The van der Waals surface area contributed by atoms with Crippen LogP contribution >= 0.6 is 0 Å². The van der Waals surface area contributed by atoms with E-state index < -0.39 is 0 Å². The van der Waals surface area contributed by atoms with Crippen LogP contribution in [0, 0.1) is 6.92 Å². The summed E-state index contributed by atoms with van der Waals surface area (Å²) in [7, 11) is -0.308. The molecule has 1 fully saturated rings. The lowest BCUT2D eigenvalue weighted by molar-refractivity contribution is 0.00578. The van der Waals surface area contributed by atoms with Gasteiger partial charge >= 0.3 is 7.12 Å². The Morgan fingerprint density at radius 3 is 2.05 bits per heavy atom. The quantitative estimate of drug-likeness (QED) is 0.796. The molecule has 0 N–H and O–H groups in total. The van der Waals surface area contributed by atoms with E-state index >= 15 is 0 Å². The molecule has 22 heavy (non-hydrogen) atoms. The van der Waals surface area contributed by atoms with Crippen LogP contribution in [0.1, 0.15) is 33.3 Å². The lowest BCUT2D eigenvalue weighted by Crippen LogP contribution is -2.41. The number of nitrogens with zero attached hydrogens (tertiary/aromatic N) is 1. The first-order chi connectivity index (χ1) is 10.3. The lowest BCUT2D eigenvalue weighted by atomic mass is 9.78. The zero-order valence-electron chi connectivity index (χ0n) is 13.9. The molecule has 0 bridgehead atoms. The van der Waals surface area contributed by atoms with Crippen LogP contribution in [0.3, 0.4) is 0 Å². The Balaban J connectivity index is 1.86. The Hall–Kier alpha value is -1.65. The fraction of sp³-hybridized carbons (Fsp3) is 0.389. The first-order valence-electron chi connectivity index (χ1n) is 7.67. The number of benzene rings is 1. The van der Waals surface area contributed by atoms with Gasteiger partial charge in [-0.05, 0) is 62.8 Å². The molecular formula is C18H22BNO2. The standard InChI is InChI=1S/C18H22BNO2/c1-13-12-20-11-10-16(13)14-6-8-15(9-7-14)19-21-17(2,3)18(4,5)22-19/h6-12H,1-5H3. The Morgan fingerprint density at radius 1 is 0.909 bits per heavy atom. The van der Waals surface area contributed by atoms with Gasteiger partial charge in [0.1, 0.15) is 0 Å². The molecule has 0 saturated carbocycles. The molecule has 1 aliphatic rings. The van der Waals surface area contributed by atoms with E-state index in [1.54, 1.807) is 0 Å². The molecule has 0 aliphatic carbocycles.